The lowest BCUT2D eigenvalue weighted by Crippen LogP contribution is -2.45. The highest BCUT2D eigenvalue weighted by molar-refractivity contribution is 5.80. The van der Waals surface area contributed by atoms with Crippen LogP contribution in [0.3, 0.4) is 0 Å². The third-order valence-corrected chi connectivity index (χ3v) is 7.80. The molecule has 0 aliphatic carbocycles. The molecule has 3 heterocycles. The van der Waals surface area contributed by atoms with Crippen LogP contribution in [0.4, 0.5) is 10.2 Å². The average Bonchev–Trinajstić information content (AvgIpc) is 3.38. The molecule has 0 spiro atoms. The molecule has 0 unspecified atom stereocenters. The SMILES string of the molecule is C=CCOC1(C)CCN(c2c([C@H](OC(C)(C)C)C(=O)OCC)c(C)nc3cc(COCc4ccc(F)cc4CC=C)nn23)CC1. The first-order chi connectivity index (χ1) is 21.4. The predicted octanol–water partition coefficient (Wildman–Crippen LogP) is 6.60. The van der Waals surface area contributed by atoms with Gasteiger partial charge in [0.25, 0.3) is 0 Å². The van der Waals surface area contributed by atoms with Crippen molar-refractivity contribution in [2.24, 2.45) is 0 Å². The Morgan fingerprint density at radius 2 is 1.87 bits per heavy atom. The molecule has 1 fully saturated rings. The molecule has 0 radical (unpaired) electrons. The molecule has 2 aromatic heterocycles. The molecule has 9 nitrogen and oxygen atoms in total. The second kappa shape index (κ2) is 14.7. The van der Waals surface area contributed by atoms with Gasteiger partial charge in [0, 0.05) is 24.8 Å². The third kappa shape index (κ3) is 8.56. The number of carbonyl (C=O) groups excluding carboxylic acids is 1. The molecule has 1 atom stereocenters. The van der Waals surface area contributed by atoms with Crippen molar-refractivity contribution in [3.8, 4) is 0 Å². The highest BCUT2D eigenvalue weighted by Crippen LogP contribution is 2.38. The molecule has 0 bridgehead atoms. The van der Waals surface area contributed by atoms with E-state index in [4.69, 9.17) is 29.0 Å². The number of carbonyl (C=O) groups is 1. The number of allylic oxidation sites excluding steroid dienone is 1. The molecule has 244 valence electrons. The quantitative estimate of drug-likeness (QED) is 0.147. The third-order valence-electron chi connectivity index (χ3n) is 7.80. The van der Waals surface area contributed by atoms with E-state index in [9.17, 15) is 9.18 Å². The molecule has 0 N–H and O–H groups in total. The fourth-order valence-electron chi connectivity index (χ4n) is 5.58. The number of ether oxygens (including phenoxy) is 4. The predicted molar refractivity (Wildman–Crippen MR) is 173 cm³/mol. The van der Waals surface area contributed by atoms with E-state index in [1.54, 1.807) is 29.7 Å². The van der Waals surface area contributed by atoms with Crippen LogP contribution < -0.4 is 4.90 Å². The van der Waals surface area contributed by atoms with Gasteiger partial charge in [0.15, 0.2) is 11.8 Å². The Hall–Kier alpha value is -3.60. The number of aromatic nitrogens is 3. The topological polar surface area (TPSA) is 87.4 Å². The number of anilines is 1. The first-order valence-electron chi connectivity index (χ1n) is 15.6. The molecule has 0 amide bonds. The summed E-state index contributed by atoms with van der Waals surface area (Å²) < 4.78 is 39.7. The molecule has 4 rings (SSSR count). The molecule has 1 aliphatic heterocycles. The number of hydrogen-bond donors (Lipinski definition) is 0. The Morgan fingerprint density at radius 3 is 2.51 bits per heavy atom. The maximum Gasteiger partial charge on any atom is 0.340 e. The lowest BCUT2D eigenvalue weighted by molar-refractivity contribution is -0.166. The van der Waals surface area contributed by atoms with Gasteiger partial charge in [-0.1, -0.05) is 18.2 Å². The standard InChI is InChI=1S/C35H47FN4O5/c1-9-12-25-20-27(36)14-13-26(25)22-42-23-28-21-29-37-24(4)30(31(33(41)43-11-3)45-34(5,6)7)32(40(29)38-28)39-17-15-35(8,16-18-39)44-19-10-2/h9-10,13-14,20-21,31H,1-2,11-12,15-19,22-23H2,3-8H3/t31-/m0/s1. The van der Waals surface area contributed by atoms with Gasteiger partial charge in [-0.2, -0.15) is 9.61 Å². The van der Waals surface area contributed by atoms with Gasteiger partial charge in [-0.25, -0.2) is 14.2 Å². The van der Waals surface area contributed by atoms with Crippen LogP contribution in [0.15, 0.2) is 49.6 Å². The highest BCUT2D eigenvalue weighted by Gasteiger charge is 2.38. The molecule has 10 heteroatoms. The van der Waals surface area contributed by atoms with Gasteiger partial charge < -0.3 is 23.8 Å². The summed E-state index contributed by atoms with van der Waals surface area (Å²) in [5.74, 6) is -0.0226. The van der Waals surface area contributed by atoms with E-state index in [1.165, 1.54) is 12.1 Å². The van der Waals surface area contributed by atoms with Gasteiger partial charge in [0.05, 0.1) is 48.9 Å². The first-order valence-corrected chi connectivity index (χ1v) is 15.6. The Labute approximate surface area is 266 Å². The monoisotopic (exact) mass is 622 g/mol. The minimum absolute atomic E-state index is 0.218. The maximum atomic E-state index is 13.8. The summed E-state index contributed by atoms with van der Waals surface area (Å²) in [5, 5.41) is 4.92. The summed E-state index contributed by atoms with van der Waals surface area (Å²) in [6, 6.07) is 6.57. The van der Waals surface area contributed by atoms with Crippen LogP contribution in [-0.2, 0) is 43.4 Å². The summed E-state index contributed by atoms with van der Waals surface area (Å²) in [7, 11) is 0. The smallest absolute Gasteiger partial charge is 0.340 e. The largest absolute Gasteiger partial charge is 0.464 e. The fraction of sp³-hybridized carbons (Fsp3) is 0.514. The van der Waals surface area contributed by atoms with Crippen molar-refractivity contribution in [3.63, 3.8) is 0 Å². The molecule has 1 aliphatic rings. The number of benzene rings is 1. The van der Waals surface area contributed by atoms with Gasteiger partial charge in [0.2, 0.25) is 0 Å². The van der Waals surface area contributed by atoms with E-state index in [-0.39, 0.29) is 24.6 Å². The van der Waals surface area contributed by atoms with Gasteiger partial charge in [-0.15, -0.1) is 13.2 Å². The minimum Gasteiger partial charge on any atom is -0.464 e. The summed E-state index contributed by atoms with van der Waals surface area (Å²) >= 11 is 0. The van der Waals surface area contributed by atoms with Crippen molar-refractivity contribution in [1.29, 1.82) is 0 Å². The van der Waals surface area contributed by atoms with E-state index in [0.29, 0.717) is 55.3 Å². The molecule has 3 aromatic rings. The zero-order valence-corrected chi connectivity index (χ0v) is 27.5. The van der Waals surface area contributed by atoms with Crippen molar-refractivity contribution >= 4 is 17.4 Å². The fourth-order valence-corrected chi connectivity index (χ4v) is 5.58. The Bertz CT molecular complexity index is 1500. The Kier molecular flexibility index (Phi) is 11.2. The highest BCUT2D eigenvalue weighted by atomic mass is 19.1. The summed E-state index contributed by atoms with van der Waals surface area (Å²) in [5.41, 5.74) is 3.39. The van der Waals surface area contributed by atoms with Crippen molar-refractivity contribution in [1.82, 2.24) is 14.6 Å². The van der Waals surface area contributed by atoms with E-state index >= 15 is 0 Å². The summed E-state index contributed by atoms with van der Waals surface area (Å²) in [6.07, 6.45) is 4.60. The maximum absolute atomic E-state index is 13.8. The van der Waals surface area contributed by atoms with Gasteiger partial charge in [0.1, 0.15) is 11.6 Å². The number of piperidine rings is 1. The van der Waals surface area contributed by atoms with E-state index in [2.05, 4.69) is 25.0 Å². The lowest BCUT2D eigenvalue weighted by Gasteiger charge is -2.41. The van der Waals surface area contributed by atoms with Crippen LogP contribution >= 0.6 is 0 Å². The number of fused-ring (bicyclic) bond motifs is 1. The average molecular weight is 623 g/mol. The van der Waals surface area contributed by atoms with Gasteiger partial charge in [-0.05, 0) is 84.1 Å². The summed E-state index contributed by atoms with van der Waals surface area (Å²) in [4.78, 5) is 20.5. The van der Waals surface area contributed by atoms with Gasteiger partial charge >= 0.3 is 5.97 Å². The zero-order chi connectivity index (χ0) is 32.8. The number of halogens is 1. The Balaban J connectivity index is 1.73. The van der Waals surface area contributed by atoms with Crippen LogP contribution in [-0.4, -0.2) is 58.1 Å². The van der Waals surface area contributed by atoms with E-state index in [0.717, 1.165) is 29.8 Å². The van der Waals surface area contributed by atoms with Crippen LogP contribution in [0.5, 0.6) is 0 Å². The summed E-state index contributed by atoms with van der Waals surface area (Å²) in [6.45, 7) is 21.7. The number of esters is 1. The van der Waals surface area contributed by atoms with Crippen LogP contribution in [0.25, 0.3) is 5.65 Å². The molecule has 1 aromatic carbocycles. The molecule has 0 saturated carbocycles. The lowest BCUT2D eigenvalue weighted by atomic mass is 9.92. The van der Waals surface area contributed by atoms with E-state index < -0.39 is 17.7 Å². The van der Waals surface area contributed by atoms with Crippen LogP contribution in [0, 0.1) is 12.7 Å². The zero-order valence-electron chi connectivity index (χ0n) is 27.5. The van der Waals surface area contributed by atoms with Crippen LogP contribution in [0.2, 0.25) is 0 Å². The normalized spacial score (nSPS) is 15.7. The molecule has 45 heavy (non-hydrogen) atoms. The number of aryl methyl sites for hydroxylation is 1. The first kappa shape index (κ1) is 34.3. The minimum atomic E-state index is -1.01. The van der Waals surface area contributed by atoms with Crippen LogP contribution in [0.1, 0.15) is 81.6 Å². The number of hydrogen-bond acceptors (Lipinski definition) is 8. The molecular formula is C35H47FN4O5. The Morgan fingerprint density at radius 1 is 1.13 bits per heavy atom. The van der Waals surface area contributed by atoms with Gasteiger partial charge in [-0.3, -0.25) is 0 Å². The number of nitrogens with zero attached hydrogens (tertiary/aromatic N) is 4. The molecular weight excluding hydrogens is 575 g/mol. The van der Waals surface area contributed by atoms with Crippen molar-refractivity contribution in [2.75, 3.05) is 31.2 Å². The second-order valence-corrected chi connectivity index (χ2v) is 12.6. The number of rotatable bonds is 14. The second-order valence-electron chi connectivity index (χ2n) is 12.6. The molecule has 1 saturated heterocycles. The van der Waals surface area contributed by atoms with E-state index in [1.807, 2.05) is 33.8 Å². The van der Waals surface area contributed by atoms with Crippen molar-refractivity contribution in [2.45, 2.75) is 91.3 Å². The van der Waals surface area contributed by atoms with Crippen molar-refractivity contribution < 1.29 is 28.1 Å². The van der Waals surface area contributed by atoms with Crippen molar-refractivity contribution in [3.05, 3.63) is 83.5 Å².